The first-order valence-corrected chi connectivity index (χ1v) is 8.80. The highest BCUT2D eigenvalue weighted by Gasteiger charge is 2.17. The van der Waals surface area contributed by atoms with E-state index in [2.05, 4.69) is 26.6 Å². The van der Waals surface area contributed by atoms with Crippen molar-refractivity contribution in [2.75, 3.05) is 26.5 Å². The maximum absolute atomic E-state index is 12.5. The van der Waals surface area contributed by atoms with Gasteiger partial charge in [-0.3, -0.25) is 14.9 Å². The molecule has 0 fully saturated rings. The van der Waals surface area contributed by atoms with Crippen molar-refractivity contribution in [2.24, 2.45) is 0 Å². The molecule has 0 bridgehead atoms. The summed E-state index contributed by atoms with van der Waals surface area (Å²) in [5.41, 5.74) is 1.30. The molecule has 6 nitrogen and oxygen atoms in total. The molecule has 0 unspecified atom stereocenters. The fraction of sp³-hybridized carbons (Fsp3) is 0.167. The number of rotatable bonds is 4. The van der Waals surface area contributed by atoms with E-state index >= 15 is 0 Å². The van der Waals surface area contributed by atoms with E-state index in [0.29, 0.717) is 22.6 Å². The predicted octanol–water partition coefficient (Wildman–Crippen LogP) is 3.29. The van der Waals surface area contributed by atoms with Crippen LogP contribution in [0.1, 0.15) is 20.7 Å². The van der Waals surface area contributed by atoms with Crippen LogP contribution in [0.5, 0.6) is 5.75 Å². The molecule has 2 N–H and O–H groups in total. The van der Waals surface area contributed by atoms with Crippen molar-refractivity contribution in [3.05, 3.63) is 58.1 Å². The first kappa shape index (κ1) is 19.9. The average molecular weight is 436 g/mol. The minimum atomic E-state index is -0.419. The molecule has 136 valence electrons. The van der Waals surface area contributed by atoms with Crippen LogP contribution in [-0.2, 0) is 0 Å². The third-order valence-electron chi connectivity index (χ3n) is 3.45. The largest absolute Gasteiger partial charge is 0.496 e. The molecule has 0 aromatic heterocycles. The maximum Gasteiger partial charge on any atom is 0.261 e. The van der Waals surface area contributed by atoms with Crippen molar-refractivity contribution >= 4 is 50.8 Å². The highest BCUT2D eigenvalue weighted by molar-refractivity contribution is 9.10. The Morgan fingerprint density at radius 2 is 1.81 bits per heavy atom. The van der Waals surface area contributed by atoms with Gasteiger partial charge in [0.15, 0.2) is 5.11 Å². The molecule has 2 rings (SSSR count). The van der Waals surface area contributed by atoms with Gasteiger partial charge in [0.25, 0.3) is 11.8 Å². The van der Waals surface area contributed by atoms with Gasteiger partial charge in [-0.05, 0) is 42.5 Å². The van der Waals surface area contributed by atoms with Gasteiger partial charge < -0.3 is 15.0 Å². The van der Waals surface area contributed by atoms with E-state index in [1.165, 1.54) is 12.0 Å². The number of nitrogens with one attached hydrogen (secondary N) is 2. The molecule has 0 aliphatic rings. The first-order valence-electron chi connectivity index (χ1n) is 7.60. The maximum atomic E-state index is 12.5. The Labute approximate surface area is 165 Å². The van der Waals surface area contributed by atoms with Crippen LogP contribution in [0.4, 0.5) is 5.69 Å². The molecule has 0 spiro atoms. The number of methoxy groups -OCH3 is 1. The lowest BCUT2D eigenvalue weighted by Gasteiger charge is -2.16. The summed E-state index contributed by atoms with van der Waals surface area (Å²) in [5, 5.41) is 5.58. The van der Waals surface area contributed by atoms with Gasteiger partial charge in [0.2, 0.25) is 0 Å². The topological polar surface area (TPSA) is 70.7 Å². The Morgan fingerprint density at radius 1 is 1.12 bits per heavy atom. The lowest BCUT2D eigenvalue weighted by atomic mass is 10.1. The van der Waals surface area contributed by atoms with E-state index in [-0.39, 0.29) is 11.0 Å². The summed E-state index contributed by atoms with van der Waals surface area (Å²) in [5.74, 6) is -0.162. The smallest absolute Gasteiger partial charge is 0.261 e. The van der Waals surface area contributed by atoms with Gasteiger partial charge in [-0.25, -0.2) is 0 Å². The van der Waals surface area contributed by atoms with E-state index < -0.39 is 5.91 Å². The number of para-hydroxylation sites is 1. The number of amides is 2. The number of ether oxygens (including phenoxy) is 1. The summed E-state index contributed by atoms with van der Waals surface area (Å²) >= 11 is 8.54. The van der Waals surface area contributed by atoms with Gasteiger partial charge in [0.05, 0.1) is 23.9 Å². The predicted molar refractivity (Wildman–Crippen MR) is 109 cm³/mol. The molecule has 0 aliphatic heterocycles. The first-order chi connectivity index (χ1) is 12.3. The Balaban J connectivity index is 2.16. The highest BCUT2D eigenvalue weighted by atomic mass is 79.9. The summed E-state index contributed by atoms with van der Waals surface area (Å²) in [7, 11) is 4.82. The molecular formula is C18H18BrN3O3S. The summed E-state index contributed by atoms with van der Waals surface area (Å²) in [6.07, 6.45) is 0. The van der Waals surface area contributed by atoms with Crippen molar-refractivity contribution in [1.82, 2.24) is 10.2 Å². The van der Waals surface area contributed by atoms with Gasteiger partial charge in [-0.15, -0.1) is 0 Å². The fourth-order valence-electron chi connectivity index (χ4n) is 2.20. The minimum Gasteiger partial charge on any atom is -0.496 e. The number of carbonyl (C=O) groups excluding carboxylic acids is 2. The lowest BCUT2D eigenvalue weighted by Crippen LogP contribution is -2.35. The van der Waals surface area contributed by atoms with Crippen LogP contribution >= 0.6 is 28.1 Å². The minimum absolute atomic E-state index is 0.0797. The van der Waals surface area contributed by atoms with Crippen LogP contribution in [0.25, 0.3) is 0 Å². The highest BCUT2D eigenvalue weighted by Crippen LogP contribution is 2.23. The van der Waals surface area contributed by atoms with Crippen molar-refractivity contribution < 1.29 is 14.3 Å². The van der Waals surface area contributed by atoms with Crippen LogP contribution in [0, 0.1) is 0 Å². The Bertz CT molecular complexity index is 855. The zero-order valence-electron chi connectivity index (χ0n) is 14.5. The van der Waals surface area contributed by atoms with Gasteiger partial charge in [0.1, 0.15) is 5.75 Å². The summed E-state index contributed by atoms with van der Waals surface area (Å²) in [6, 6.07) is 12.0. The molecule has 2 aromatic rings. The molecule has 0 aliphatic carbocycles. The number of carbonyl (C=O) groups is 2. The molecule has 26 heavy (non-hydrogen) atoms. The van der Waals surface area contributed by atoms with E-state index in [9.17, 15) is 9.59 Å². The second kappa shape index (κ2) is 8.77. The molecule has 0 heterocycles. The summed E-state index contributed by atoms with van der Waals surface area (Å²) in [4.78, 5) is 26.2. The molecule has 0 saturated carbocycles. The monoisotopic (exact) mass is 435 g/mol. The number of nitrogens with zero attached hydrogens (tertiary/aromatic N) is 1. The van der Waals surface area contributed by atoms with Crippen molar-refractivity contribution in [3.8, 4) is 5.75 Å². The average Bonchev–Trinajstić information content (AvgIpc) is 2.61. The molecule has 0 saturated heterocycles. The van der Waals surface area contributed by atoms with Crippen LogP contribution in [0.3, 0.4) is 0 Å². The Hall–Kier alpha value is -2.45. The van der Waals surface area contributed by atoms with E-state index in [1.54, 1.807) is 56.6 Å². The second-order valence-electron chi connectivity index (χ2n) is 5.50. The molecule has 2 amide bonds. The van der Waals surface area contributed by atoms with E-state index in [1.807, 2.05) is 0 Å². The van der Waals surface area contributed by atoms with Crippen molar-refractivity contribution in [2.45, 2.75) is 0 Å². The third-order valence-corrected chi connectivity index (χ3v) is 4.14. The third kappa shape index (κ3) is 4.80. The van der Waals surface area contributed by atoms with E-state index in [4.69, 9.17) is 17.0 Å². The van der Waals surface area contributed by atoms with Crippen LogP contribution < -0.4 is 15.4 Å². The zero-order chi connectivity index (χ0) is 19.3. The quantitative estimate of drug-likeness (QED) is 0.720. The second-order valence-corrected chi connectivity index (χ2v) is 6.82. The van der Waals surface area contributed by atoms with Gasteiger partial charge in [-0.1, -0.05) is 28.1 Å². The van der Waals surface area contributed by atoms with Crippen LogP contribution in [0.2, 0.25) is 0 Å². The Kier molecular flexibility index (Phi) is 6.70. The normalized spacial score (nSPS) is 10.0. The standard InChI is InChI=1S/C18H18BrN3O3S/c1-22(2)17(24)12-6-4-5-7-14(12)20-18(26)21-16(23)13-10-11(19)8-9-15(13)25-3/h4-10H,1-3H3,(H2,20,21,23,26). The van der Waals surface area contributed by atoms with Crippen LogP contribution in [0.15, 0.2) is 46.9 Å². The van der Waals surface area contributed by atoms with Gasteiger partial charge >= 0.3 is 0 Å². The summed E-state index contributed by atoms with van der Waals surface area (Å²) < 4.78 is 5.94. The van der Waals surface area contributed by atoms with Crippen molar-refractivity contribution in [3.63, 3.8) is 0 Å². The summed E-state index contributed by atoms with van der Waals surface area (Å²) in [6.45, 7) is 0. The van der Waals surface area contributed by atoms with Crippen molar-refractivity contribution in [1.29, 1.82) is 0 Å². The lowest BCUT2D eigenvalue weighted by molar-refractivity contribution is 0.0828. The Morgan fingerprint density at radius 3 is 2.46 bits per heavy atom. The van der Waals surface area contributed by atoms with Gasteiger partial charge in [-0.2, -0.15) is 0 Å². The number of hydrogen-bond donors (Lipinski definition) is 2. The number of halogens is 1. The molecule has 8 heteroatoms. The molecule has 0 atom stereocenters. The molecule has 2 aromatic carbocycles. The molecule has 0 radical (unpaired) electrons. The number of hydrogen-bond acceptors (Lipinski definition) is 4. The number of anilines is 1. The van der Waals surface area contributed by atoms with E-state index in [0.717, 1.165) is 4.47 Å². The fourth-order valence-corrected chi connectivity index (χ4v) is 2.76. The number of benzene rings is 2. The van der Waals surface area contributed by atoms with Crippen LogP contribution in [-0.4, -0.2) is 43.0 Å². The molecular weight excluding hydrogens is 418 g/mol. The number of thiocarbonyl (C=S) groups is 1. The zero-order valence-corrected chi connectivity index (χ0v) is 16.9. The SMILES string of the molecule is COc1ccc(Br)cc1C(=O)NC(=S)Nc1ccccc1C(=O)N(C)C. The van der Waals surface area contributed by atoms with Gasteiger partial charge in [0, 0.05) is 18.6 Å².